The number of carboxylic acid groups (broad SMARTS) is 1. The van der Waals surface area contributed by atoms with Gasteiger partial charge in [-0.15, -0.1) is 11.3 Å². The van der Waals surface area contributed by atoms with Crippen molar-refractivity contribution in [2.45, 2.75) is 58.5 Å². The lowest BCUT2D eigenvalue weighted by molar-refractivity contribution is -0.141. The van der Waals surface area contributed by atoms with Crippen LogP contribution < -0.4 is 15.4 Å². The van der Waals surface area contributed by atoms with Gasteiger partial charge in [0.1, 0.15) is 17.8 Å². The minimum Gasteiger partial charge on any atom is -0.494 e. The van der Waals surface area contributed by atoms with Crippen LogP contribution in [0.15, 0.2) is 73.1 Å². The molecule has 224 valence electrons. The maximum absolute atomic E-state index is 13.1. The molecular formula is C33H36N4O5S. The number of aromatic nitrogens is 2. The Morgan fingerprint density at radius 1 is 0.884 bits per heavy atom. The van der Waals surface area contributed by atoms with Crippen molar-refractivity contribution in [2.24, 2.45) is 0 Å². The highest BCUT2D eigenvalue weighted by Crippen LogP contribution is 2.29. The van der Waals surface area contributed by atoms with Crippen molar-refractivity contribution >= 4 is 29.1 Å². The van der Waals surface area contributed by atoms with Gasteiger partial charge in [0, 0.05) is 34.8 Å². The number of benzene rings is 2. The maximum Gasteiger partial charge on any atom is 0.325 e. The number of aliphatic carboxylic acids is 1. The van der Waals surface area contributed by atoms with E-state index in [0.717, 1.165) is 32.9 Å². The molecule has 0 spiro atoms. The number of nitrogens with zero attached hydrogens (tertiary/aromatic N) is 2. The van der Waals surface area contributed by atoms with Crippen molar-refractivity contribution in [2.75, 3.05) is 6.61 Å². The molecule has 2 aromatic heterocycles. The van der Waals surface area contributed by atoms with E-state index in [0.29, 0.717) is 17.3 Å². The maximum atomic E-state index is 13.1. The van der Waals surface area contributed by atoms with E-state index in [1.807, 2.05) is 61.5 Å². The number of carboxylic acids is 1. The fourth-order valence-corrected chi connectivity index (χ4v) is 5.21. The molecule has 0 fully saturated rings. The monoisotopic (exact) mass is 600 g/mol. The molecule has 0 saturated carbocycles. The SMILES string of the molecule is CCOc1ccc(-c2cnc(-c3ccc(CC(NC(=O)c4ccc(C(C)(C)C)s4)C(=O)NC(C)C(=O)O)cc3)nc2)cc1. The summed E-state index contributed by atoms with van der Waals surface area (Å²) in [5, 5.41) is 14.6. The third-order valence-corrected chi connectivity index (χ3v) is 8.23. The number of carbonyl (C=O) groups is 3. The first-order chi connectivity index (χ1) is 20.4. The number of rotatable bonds is 11. The average molecular weight is 601 g/mol. The summed E-state index contributed by atoms with van der Waals surface area (Å²) in [6, 6.07) is 16.7. The molecule has 2 amide bonds. The first-order valence-electron chi connectivity index (χ1n) is 14.0. The van der Waals surface area contributed by atoms with Crippen LogP contribution in [-0.2, 0) is 21.4 Å². The van der Waals surface area contributed by atoms with E-state index in [2.05, 4.69) is 41.4 Å². The van der Waals surface area contributed by atoms with Gasteiger partial charge in [0.25, 0.3) is 5.91 Å². The lowest BCUT2D eigenvalue weighted by atomic mass is 9.95. The number of carbonyl (C=O) groups excluding carboxylic acids is 2. The van der Waals surface area contributed by atoms with Gasteiger partial charge in [-0.25, -0.2) is 9.97 Å². The molecule has 4 aromatic rings. The van der Waals surface area contributed by atoms with E-state index in [1.54, 1.807) is 18.5 Å². The topological polar surface area (TPSA) is 131 Å². The summed E-state index contributed by atoms with van der Waals surface area (Å²) in [7, 11) is 0. The summed E-state index contributed by atoms with van der Waals surface area (Å²) >= 11 is 1.37. The summed E-state index contributed by atoms with van der Waals surface area (Å²) < 4.78 is 5.50. The molecule has 2 aromatic carbocycles. The zero-order valence-corrected chi connectivity index (χ0v) is 25.7. The van der Waals surface area contributed by atoms with Gasteiger partial charge in [-0.1, -0.05) is 57.2 Å². The van der Waals surface area contributed by atoms with Crippen molar-refractivity contribution < 1.29 is 24.2 Å². The fraction of sp³-hybridized carbons (Fsp3) is 0.303. The number of amides is 2. The summed E-state index contributed by atoms with van der Waals surface area (Å²) in [5.74, 6) is -0.772. The van der Waals surface area contributed by atoms with E-state index in [1.165, 1.54) is 18.3 Å². The lowest BCUT2D eigenvalue weighted by Gasteiger charge is -2.20. The van der Waals surface area contributed by atoms with Crippen LogP contribution in [0, 0.1) is 0 Å². The molecule has 2 atom stereocenters. The average Bonchev–Trinajstić information content (AvgIpc) is 3.50. The molecule has 0 aliphatic carbocycles. The Morgan fingerprint density at radius 2 is 1.51 bits per heavy atom. The molecule has 0 radical (unpaired) electrons. The van der Waals surface area contributed by atoms with Gasteiger partial charge in [-0.05, 0) is 54.7 Å². The number of nitrogens with one attached hydrogen (secondary N) is 2. The highest BCUT2D eigenvalue weighted by Gasteiger charge is 2.26. The van der Waals surface area contributed by atoms with Crippen LogP contribution in [0.3, 0.4) is 0 Å². The van der Waals surface area contributed by atoms with Gasteiger partial charge in [0.15, 0.2) is 5.82 Å². The first-order valence-corrected chi connectivity index (χ1v) is 14.8. The van der Waals surface area contributed by atoms with Crippen LogP contribution in [0.25, 0.3) is 22.5 Å². The minimum atomic E-state index is -1.16. The molecule has 0 bridgehead atoms. The molecule has 0 aliphatic rings. The second-order valence-corrected chi connectivity index (χ2v) is 12.2. The van der Waals surface area contributed by atoms with Crippen LogP contribution in [-0.4, -0.2) is 51.5 Å². The van der Waals surface area contributed by atoms with Crippen molar-refractivity contribution in [1.82, 2.24) is 20.6 Å². The molecule has 0 saturated heterocycles. The predicted octanol–water partition coefficient (Wildman–Crippen LogP) is 5.50. The quantitative estimate of drug-likeness (QED) is 0.207. The van der Waals surface area contributed by atoms with E-state index < -0.39 is 24.0 Å². The molecule has 3 N–H and O–H groups in total. The van der Waals surface area contributed by atoms with Gasteiger partial charge in [0.2, 0.25) is 5.91 Å². The molecule has 4 rings (SSSR count). The highest BCUT2D eigenvalue weighted by molar-refractivity contribution is 7.14. The number of hydrogen-bond donors (Lipinski definition) is 3. The van der Waals surface area contributed by atoms with Gasteiger partial charge in [-0.3, -0.25) is 14.4 Å². The number of thiophene rings is 1. The summed E-state index contributed by atoms with van der Waals surface area (Å²) in [6.07, 6.45) is 3.70. The molecule has 0 aliphatic heterocycles. The Kier molecular flexibility index (Phi) is 9.92. The first kappa shape index (κ1) is 31.4. The van der Waals surface area contributed by atoms with E-state index >= 15 is 0 Å². The highest BCUT2D eigenvalue weighted by atomic mass is 32.1. The van der Waals surface area contributed by atoms with Crippen LogP contribution >= 0.6 is 11.3 Å². The zero-order chi connectivity index (χ0) is 31.1. The fourth-order valence-electron chi connectivity index (χ4n) is 4.24. The second-order valence-electron chi connectivity index (χ2n) is 11.2. The number of ether oxygens (including phenoxy) is 1. The van der Waals surface area contributed by atoms with Gasteiger partial charge < -0.3 is 20.5 Å². The summed E-state index contributed by atoms with van der Waals surface area (Å²) in [6.45, 7) is 10.1. The number of hydrogen-bond acceptors (Lipinski definition) is 7. The molecule has 10 heteroatoms. The Bertz CT molecular complexity index is 1560. The Morgan fingerprint density at radius 3 is 2.07 bits per heavy atom. The van der Waals surface area contributed by atoms with Crippen LogP contribution in [0.1, 0.15) is 54.7 Å². The Hall–Kier alpha value is -4.57. The smallest absolute Gasteiger partial charge is 0.325 e. The van der Waals surface area contributed by atoms with E-state index in [-0.39, 0.29) is 17.7 Å². The van der Waals surface area contributed by atoms with Crippen molar-refractivity contribution in [3.05, 3.63) is 88.4 Å². The summed E-state index contributed by atoms with van der Waals surface area (Å²) in [4.78, 5) is 48.1. The molecule has 43 heavy (non-hydrogen) atoms. The van der Waals surface area contributed by atoms with Crippen LogP contribution in [0.4, 0.5) is 0 Å². The molecule has 2 heterocycles. The summed E-state index contributed by atoms with van der Waals surface area (Å²) in [5.41, 5.74) is 3.31. The predicted molar refractivity (Wildman–Crippen MR) is 167 cm³/mol. The standard InChI is InChI=1S/C33H36N4O5S/c1-6-42-25-13-11-22(12-14-25)24-18-34-29(35-19-24)23-9-7-21(8-10-23)17-26(30(38)36-20(2)32(40)41)37-31(39)27-15-16-28(43-27)33(3,4)5/h7-16,18-20,26H,6,17H2,1-5H3,(H,36,38)(H,37,39)(H,40,41). The molecular weight excluding hydrogens is 564 g/mol. The Labute approximate surface area is 255 Å². The largest absolute Gasteiger partial charge is 0.494 e. The van der Waals surface area contributed by atoms with Gasteiger partial charge in [-0.2, -0.15) is 0 Å². The molecule has 9 nitrogen and oxygen atoms in total. The van der Waals surface area contributed by atoms with Crippen molar-refractivity contribution in [1.29, 1.82) is 0 Å². The van der Waals surface area contributed by atoms with E-state index in [4.69, 9.17) is 4.74 Å². The normalized spacial score (nSPS) is 12.7. The third kappa shape index (κ3) is 8.26. The van der Waals surface area contributed by atoms with Crippen LogP contribution in [0.5, 0.6) is 5.75 Å². The van der Waals surface area contributed by atoms with Crippen LogP contribution in [0.2, 0.25) is 0 Å². The minimum absolute atomic E-state index is 0.113. The van der Waals surface area contributed by atoms with Crippen molar-refractivity contribution in [3.8, 4) is 28.3 Å². The molecule has 2 unspecified atom stereocenters. The lowest BCUT2D eigenvalue weighted by Crippen LogP contribution is -2.51. The van der Waals surface area contributed by atoms with Crippen molar-refractivity contribution in [3.63, 3.8) is 0 Å². The van der Waals surface area contributed by atoms with Gasteiger partial charge in [0.05, 0.1) is 11.5 Å². The second kappa shape index (κ2) is 13.6. The van der Waals surface area contributed by atoms with E-state index in [9.17, 15) is 19.5 Å². The zero-order valence-electron chi connectivity index (χ0n) is 24.9. The van der Waals surface area contributed by atoms with Gasteiger partial charge >= 0.3 is 5.97 Å². The third-order valence-electron chi connectivity index (χ3n) is 6.72. The Balaban J connectivity index is 1.48.